The maximum Gasteiger partial charge on any atom is 0.220 e. The van der Waals surface area contributed by atoms with Gasteiger partial charge in [0.25, 0.3) is 0 Å². The van der Waals surface area contributed by atoms with Gasteiger partial charge in [0, 0.05) is 25.0 Å². The van der Waals surface area contributed by atoms with Crippen molar-refractivity contribution in [1.82, 2.24) is 5.32 Å². The lowest BCUT2D eigenvalue weighted by atomic mass is 10.1. The quantitative estimate of drug-likeness (QED) is 0.514. The molecule has 0 aliphatic heterocycles. The van der Waals surface area contributed by atoms with E-state index in [2.05, 4.69) is 12.2 Å². The third-order valence-corrected chi connectivity index (χ3v) is 3.01. The fourth-order valence-corrected chi connectivity index (χ4v) is 2.01. The van der Waals surface area contributed by atoms with E-state index in [-0.39, 0.29) is 24.5 Å². The monoisotopic (exact) mass is 225 g/mol. The molecule has 92 valence electrons. The van der Waals surface area contributed by atoms with Crippen LogP contribution in [-0.2, 0) is 4.79 Å². The van der Waals surface area contributed by atoms with Gasteiger partial charge in [0.2, 0.25) is 5.91 Å². The van der Waals surface area contributed by atoms with Crippen LogP contribution in [0.4, 0.5) is 0 Å². The average molecular weight is 225 g/mol. The van der Waals surface area contributed by atoms with Gasteiger partial charge in [-0.1, -0.05) is 38.3 Å². The zero-order valence-corrected chi connectivity index (χ0v) is 10.1. The maximum atomic E-state index is 11.5. The lowest BCUT2D eigenvalue weighted by Gasteiger charge is -2.12. The van der Waals surface area contributed by atoms with E-state index < -0.39 is 0 Å². The topological polar surface area (TPSA) is 49.3 Å². The fraction of sp³-hybridized carbons (Fsp3) is 0.769. The summed E-state index contributed by atoms with van der Waals surface area (Å²) in [4.78, 5) is 11.5. The fourth-order valence-electron chi connectivity index (χ4n) is 2.01. The Balaban J connectivity index is 2.09. The smallest absolute Gasteiger partial charge is 0.220 e. The summed E-state index contributed by atoms with van der Waals surface area (Å²) >= 11 is 0. The van der Waals surface area contributed by atoms with Gasteiger partial charge in [-0.15, -0.1) is 0 Å². The molecule has 16 heavy (non-hydrogen) atoms. The molecule has 0 unspecified atom stereocenters. The van der Waals surface area contributed by atoms with Crippen molar-refractivity contribution in [2.45, 2.75) is 51.5 Å². The average Bonchev–Trinajstić information content (AvgIpc) is 2.72. The van der Waals surface area contributed by atoms with Gasteiger partial charge in [0.1, 0.15) is 0 Å². The molecule has 0 saturated heterocycles. The molecule has 0 bridgehead atoms. The molecule has 1 amide bonds. The predicted molar refractivity (Wildman–Crippen MR) is 65.0 cm³/mol. The molecule has 1 aliphatic rings. The molecule has 2 atom stereocenters. The number of aliphatic hydroxyl groups is 1. The summed E-state index contributed by atoms with van der Waals surface area (Å²) in [5, 5.41) is 11.9. The summed E-state index contributed by atoms with van der Waals surface area (Å²) in [6, 6.07) is 0.135. The Kier molecular flexibility index (Phi) is 6.16. The minimum atomic E-state index is 0.135. The molecule has 0 aromatic carbocycles. The molecule has 3 heteroatoms. The van der Waals surface area contributed by atoms with Crippen molar-refractivity contribution in [3.05, 3.63) is 12.2 Å². The molecule has 1 rings (SSSR count). The number of carbonyl (C=O) groups is 1. The van der Waals surface area contributed by atoms with Gasteiger partial charge in [-0.2, -0.15) is 0 Å². The van der Waals surface area contributed by atoms with E-state index in [1.54, 1.807) is 0 Å². The molecule has 1 aliphatic carbocycles. The van der Waals surface area contributed by atoms with Gasteiger partial charge < -0.3 is 10.4 Å². The van der Waals surface area contributed by atoms with Crippen molar-refractivity contribution in [2.24, 2.45) is 5.92 Å². The van der Waals surface area contributed by atoms with Crippen molar-refractivity contribution in [3.63, 3.8) is 0 Å². The van der Waals surface area contributed by atoms with E-state index in [0.29, 0.717) is 6.42 Å². The summed E-state index contributed by atoms with van der Waals surface area (Å²) in [6.45, 7) is 2.35. The van der Waals surface area contributed by atoms with E-state index in [1.165, 1.54) is 12.8 Å². The van der Waals surface area contributed by atoms with Crippen LogP contribution in [0, 0.1) is 5.92 Å². The van der Waals surface area contributed by atoms with Gasteiger partial charge in [-0.3, -0.25) is 4.79 Å². The van der Waals surface area contributed by atoms with Gasteiger partial charge in [-0.25, -0.2) is 0 Å². The lowest BCUT2D eigenvalue weighted by Crippen LogP contribution is -2.32. The van der Waals surface area contributed by atoms with Crippen LogP contribution >= 0.6 is 0 Å². The van der Waals surface area contributed by atoms with Crippen molar-refractivity contribution < 1.29 is 9.90 Å². The minimum absolute atomic E-state index is 0.135. The van der Waals surface area contributed by atoms with Crippen molar-refractivity contribution in [3.8, 4) is 0 Å². The highest BCUT2D eigenvalue weighted by Gasteiger charge is 2.19. The SMILES string of the molecule is CCCCCCC(=O)N[C@@H]1C=C[C@H](CO)C1. The highest BCUT2D eigenvalue weighted by molar-refractivity contribution is 5.76. The van der Waals surface area contributed by atoms with Gasteiger partial charge >= 0.3 is 0 Å². The van der Waals surface area contributed by atoms with Gasteiger partial charge in [0.15, 0.2) is 0 Å². The number of amides is 1. The van der Waals surface area contributed by atoms with Crippen LogP contribution in [0.25, 0.3) is 0 Å². The summed E-state index contributed by atoms with van der Waals surface area (Å²) in [5.41, 5.74) is 0. The van der Waals surface area contributed by atoms with Crippen molar-refractivity contribution in [2.75, 3.05) is 6.61 Å². The first-order chi connectivity index (χ1) is 7.76. The van der Waals surface area contributed by atoms with Crippen LogP contribution in [0.3, 0.4) is 0 Å². The molecule has 3 nitrogen and oxygen atoms in total. The van der Waals surface area contributed by atoms with Crippen LogP contribution in [0.1, 0.15) is 45.4 Å². The summed E-state index contributed by atoms with van der Waals surface area (Å²) < 4.78 is 0. The van der Waals surface area contributed by atoms with E-state index in [0.717, 1.165) is 19.3 Å². The second kappa shape index (κ2) is 7.44. The second-order valence-corrected chi connectivity index (χ2v) is 4.55. The molecular weight excluding hydrogens is 202 g/mol. The second-order valence-electron chi connectivity index (χ2n) is 4.55. The van der Waals surface area contributed by atoms with E-state index >= 15 is 0 Å². The standard InChI is InChI=1S/C13H23NO2/c1-2-3-4-5-6-13(16)14-12-8-7-11(9-12)10-15/h7-8,11-12,15H,2-6,9-10H2,1H3,(H,14,16)/t11-,12+/m0/s1. The number of hydrogen-bond donors (Lipinski definition) is 2. The molecule has 0 aromatic rings. The largest absolute Gasteiger partial charge is 0.396 e. The Morgan fingerprint density at radius 2 is 2.19 bits per heavy atom. The number of rotatable bonds is 7. The molecule has 0 aromatic heterocycles. The molecule has 0 radical (unpaired) electrons. The van der Waals surface area contributed by atoms with Gasteiger partial charge in [-0.05, 0) is 12.8 Å². The van der Waals surface area contributed by atoms with Crippen LogP contribution in [0.5, 0.6) is 0 Å². The third-order valence-electron chi connectivity index (χ3n) is 3.01. The van der Waals surface area contributed by atoms with Crippen molar-refractivity contribution in [1.29, 1.82) is 0 Å². The Labute approximate surface area is 97.9 Å². The summed E-state index contributed by atoms with van der Waals surface area (Å²) in [7, 11) is 0. The number of carbonyl (C=O) groups excluding carboxylic acids is 1. The minimum Gasteiger partial charge on any atom is -0.396 e. The van der Waals surface area contributed by atoms with Crippen LogP contribution in [-0.4, -0.2) is 23.7 Å². The third kappa shape index (κ3) is 4.79. The maximum absolute atomic E-state index is 11.5. The highest BCUT2D eigenvalue weighted by Crippen LogP contribution is 2.17. The van der Waals surface area contributed by atoms with Crippen molar-refractivity contribution >= 4 is 5.91 Å². The number of hydrogen-bond acceptors (Lipinski definition) is 2. The molecular formula is C13H23NO2. The first-order valence-corrected chi connectivity index (χ1v) is 6.34. The first kappa shape index (κ1) is 13.2. The Morgan fingerprint density at radius 3 is 2.81 bits per heavy atom. The number of unbranched alkanes of at least 4 members (excludes halogenated alkanes) is 3. The van der Waals surface area contributed by atoms with E-state index in [9.17, 15) is 4.79 Å². The zero-order valence-electron chi connectivity index (χ0n) is 10.1. The first-order valence-electron chi connectivity index (χ1n) is 6.34. The van der Waals surface area contributed by atoms with Crippen LogP contribution in [0.15, 0.2) is 12.2 Å². The highest BCUT2D eigenvalue weighted by atomic mass is 16.3. The van der Waals surface area contributed by atoms with E-state index in [1.807, 2.05) is 12.2 Å². The summed E-state index contributed by atoms with van der Waals surface area (Å²) in [5.74, 6) is 0.370. The number of aliphatic hydroxyl groups excluding tert-OH is 1. The van der Waals surface area contributed by atoms with Crippen LogP contribution in [0.2, 0.25) is 0 Å². The normalized spacial score (nSPS) is 23.6. The summed E-state index contributed by atoms with van der Waals surface area (Å²) in [6.07, 6.45) is 10.00. The lowest BCUT2D eigenvalue weighted by molar-refractivity contribution is -0.121. The predicted octanol–water partition coefficient (Wildman–Crippen LogP) is 2.01. The molecule has 0 heterocycles. The Hall–Kier alpha value is -0.830. The van der Waals surface area contributed by atoms with Gasteiger partial charge in [0.05, 0.1) is 0 Å². The molecule has 0 spiro atoms. The molecule has 2 N–H and O–H groups in total. The zero-order chi connectivity index (χ0) is 11.8. The molecule has 0 fully saturated rings. The Bertz CT molecular complexity index is 238. The van der Waals surface area contributed by atoms with E-state index in [4.69, 9.17) is 5.11 Å². The molecule has 0 saturated carbocycles. The van der Waals surface area contributed by atoms with Crippen LogP contribution < -0.4 is 5.32 Å². The Morgan fingerprint density at radius 1 is 1.38 bits per heavy atom. The number of nitrogens with one attached hydrogen (secondary N) is 1.